The van der Waals surface area contributed by atoms with E-state index in [2.05, 4.69) is 35.6 Å². The number of aromatic amines is 1. The lowest BCUT2D eigenvalue weighted by Gasteiger charge is -2.20. The second-order valence-corrected chi connectivity index (χ2v) is 7.58. The fourth-order valence-electron chi connectivity index (χ4n) is 3.48. The molecule has 4 heterocycles. The highest BCUT2D eigenvalue weighted by atomic mass is 35.5. The van der Waals surface area contributed by atoms with Crippen LogP contribution >= 0.6 is 11.6 Å². The van der Waals surface area contributed by atoms with Crippen molar-refractivity contribution in [2.45, 2.75) is 19.9 Å². The Balaban J connectivity index is 1.66. The van der Waals surface area contributed by atoms with Crippen LogP contribution in [0, 0.1) is 6.92 Å². The van der Waals surface area contributed by atoms with E-state index in [-0.39, 0.29) is 17.3 Å². The van der Waals surface area contributed by atoms with Crippen molar-refractivity contribution in [1.82, 2.24) is 39.9 Å². The second-order valence-electron chi connectivity index (χ2n) is 7.17. The minimum Gasteiger partial charge on any atom is -0.383 e. The topological polar surface area (TPSA) is 166 Å². The van der Waals surface area contributed by atoms with E-state index in [1.165, 1.54) is 10.9 Å². The van der Waals surface area contributed by atoms with Crippen LogP contribution in [-0.2, 0) is 0 Å². The molecular formula is C20H17ClN10O2. The van der Waals surface area contributed by atoms with E-state index >= 15 is 0 Å². The summed E-state index contributed by atoms with van der Waals surface area (Å²) < 4.78 is 6.66. The third-order valence-electron chi connectivity index (χ3n) is 4.95. The van der Waals surface area contributed by atoms with Crippen molar-refractivity contribution in [1.29, 1.82) is 0 Å². The molecule has 4 N–H and O–H groups in total. The van der Waals surface area contributed by atoms with Crippen LogP contribution in [0.4, 0.5) is 11.6 Å². The van der Waals surface area contributed by atoms with Crippen LogP contribution in [0.3, 0.4) is 0 Å². The van der Waals surface area contributed by atoms with Gasteiger partial charge in [0, 0.05) is 12.3 Å². The average Bonchev–Trinajstić information content (AvgIpc) is 3.45. The number of benzene rings is 1. The summed E-state index contributed by atoms with van der Waals surface area (Å²) in [6, 6.07) is 6.24. The molecule has 0 aliphatic rings. The fourth-order valence-corrected chi connectivity index (χ4v) is 3.73. The highest BCUT2D eigenvalue weighted by Crippen LogP contribution is 2.32. The molecule has 1 unspecified atom stereocenters. The van der Waals surface area contributed by atoms with Crippen LogP contribution in [0.2, 0.25) is 5.02 Å². The highest BCUT2D eigenvalue weighted by molar-refractivity contribution is 6.35. The average molecular weight is 465 g/mol. The zero-order chi connectivity index (χ0) is 23.1. The number of aromatic nitrogens is 8. The standard InChI is InChI=1S/C20H17ClN10O2/c1-9(26-17-15(16(22)23-8-24-17)19-27-10(2)30-33-19)18-28-12-5-3-4-11(21)14(12)20(32)31(18)13-6-7-25-29-13/h3-9H,1-2H3,(H,25,29)(H3,22,23,24,26). The molecule has 13 heteroatoms. The zero-order valence-electron chi connectivity index (χ0n) is 17.4. The molecule has 12 nitrogen and oxygen atoms in total. The number of rotatable bonds is 5. The van der Waals surface area contributed by atoms with Gasteiger partial charge in [0.25, 0.3) is 11.4 Å². The van der Waals surface area contributed by atoms with Crippen molar-refractivity contribution >= 4 is 34.1 Å². The van der Waals surface area contributed by atoms with Gasteiger partial charge in [-0.3, -0.25) is 9.89 Å². The third-order valence-corrected chi connectivity index (χ3v) is 5.26. The van der Waals surface area contributed by atoms with Gasteiger partial charge in [0.2, 0.25) is 0 Å². The first-order chi connectivity index (χ1) is 15.9. The number of H-pyrrole nitrogens is 1. The maximum absolute atomic E-state index is 13.4. The van der Waals surface area contributed by atoms with Gasteiger partial charge in [0.05, 0.1) is 22.0 Å². The van der Waals surface area contributed by atoms with Gasteiger partial charge in [0.1, 0.15) is 29.4 Å². The maximum Gasteiger partial charge on any atom is 0.268 e. The predicted molar refractivity (Wildman–Crippen MR) is 121 cm³/mol. The van der Waals surface area contributed by atoms with Crippen LogP contribution in [0.15, 0.2) is 46.1 Å². The van der Waals surface area contributed by atoms with Crippen molar-refractivity contribution in [2.75, 3.05) is 11.1 Å². The molecule has 0 fully saturated rings. The molecule has 0 saturated carbocycles. The van der Waals surface area contributed by atoms with Crippen LogP contribution in [0.5, 0.6) is 0 Å². The van der Waals surface area contributed by atoms with E-state index in [0.717, 1.165) is 0 Å². The summed E-state index contributed by atoms with van der Waals surface area (Å²) in [5, 5.41) is 14.5. The highest BCUT2D eigenvalue weighted by Gasteiger charge is 2.24. The van der Waals surface area contributed by atoms with Crippen molar-refractivity contribution < 1.29 is 4.52 Å². The first kappa shape index (κ1) is 20.6. The molecule has 0 spiro atoms. The maximum atomic E-state index is 13.4. The van der Waals surface area contributed by atoms with Crippen LogP contribution in [0.25, 0.3) is 28.2 Å². The monoisotopic (exact) mass is 464 g/mol. The lowest BCUT2D eigenvalue weighted by atomic mass is 10.2. The van der Waals surface area contributed by atoms with Gasteiger partial charge in [-0.2, -0.15) is 10.1 Å². The summed E-state index contributed by atoms with van der Waals surface area (Å²) in [7, 11) is 0. The van der Waals surface area contributed by atoms with Gasteiger partial charge in [-0.05, 0) is 26.0 Å². The van der Waals surface area contributed by atoms with E-state index < -0.39 is 6.04 Å². The first-order valence-corrected chi connectivity index (χ1v) is 10.2. The van der Waals surface area contributed by atoms with Crippen molar-refractivity contribution in [3.05, 3.63) is 63.8 Å². The molecule has 166 valence electrons. The van der Waals surface area contributed by atoms with Gasteiger partial charge in [-0.1, -0.05) is 22.8 Å². The largest absolute Gasteiger partial charge is 0.383 e. The third kappa shape index (κ3) is 3.55. The normalized spacial score (nSPS) is 12.2. The van der Waals surface area contributed by atoms with E-state index in [0.29, 0.717) is 44.8 Å². The number of aryl methyl sites for hydroxylation is 1. The number of nitrogens with zero attached hydrogens (tertiary/aromatic N) is 7. The van der Waals surface area contributed by atoms with Crippen molar-refractivity contribution in [3.8, 4) is 17.3 Å². The van der Waals surface area contributed by atoms with Crippen LogP contribution in [0.1, 0.15) is 24.6 Å². The molecule has 5 aromatic rings. The number of nitrogens with one attached hydrogen (secondary N) is 2. The van der Waals surface area contributed by atoms with Gasteiger partial charge in [0.15, 0.2) is 11.6 Å². The Kier molecular flexibility index (Phi) is 4.98. The summed E-state index contributed by atoms with van der Waals surface area (Å²) in [5.74, 6) is 1.86. The smallest absolute Gasteiger partial charge is 0.268 e. The van der Waals surface area contributed by atoms with E-state index in [4.69, 9.17) is 26.8 Å². The molecule has 0 aliphatic heterocycles. The Morgan fingerprint density at radius 3 is 2.82 bits per heavy atom. The van der Waals surface area contributed by atoms with Crippen molar-refractivity contribution in [2.24, 2.45) is 0 Å². The molecule has 0 saturated heterocycles. The molecule has 1 atom stereocenters. The molecule has 4 aromatic heterocycles. The number of hydrogen-bond acceptors (Lipinski definition) is 10. The SMILES string of the molecule is Cc1noc(-c2c(N)ncnc2NC(C)c2nc3cccc(Cl)c3c(=O)n2-c2cc[nH]n2)n1. The zero-order valence-corrected chi connectivity index (χ0v) is 18.2. The molecule has 0 bridgehead atoms. The Morgan fingerprint density at radius 2 is 2.09 bits per heavy atom. The minimum absolute atomic E-state index is 0.159. The van der Waals surface area contributed by atoms with Crippen molar-refractivity contribution in [3.63, 3.8) is 0 Å². The van der Waals surface area contributed by atoms with Gasteiger partial charge in [-0.25, -0.2) is 19.5 Å². The van der Waals surface area contributed by atoms with E-state index in [1.807, 2.05) is 6.92 Å². The van der Waals surface area contributed by atoms with E-state index in [1.54, 1.807) is 37.4 Å². The number of nitrogens with two attached hydrogens (primary N) is 1. The summed E-state index contributed by atoms with van der Waals surface area (Å²) >= 11 is 6.31. The van der Waals surface area contributed by atoms with Crippen LogP contribution in [-0.4, -0.2) is 39.9 Å². The summed E-state index contributed by atoms with van der Waals surface area (Å²) in [4.78, 5) is 30.7. The number of anilines is 2. The van der Waals surface area contributed by atoms with Crippen LogP contribution < -0.4 is 16.6 Å². The Hall–Kier alpha value is -4.32. The number of halogens is 1. The van der Waals surface area contributed by atoms with Gasteiger partial charge >= 0.3 is 0 Å². The summed E-state index contributed by atoms with van der Waals surface area (Å²) in [5.41, 5.74) is 6.54. The number of nitrogen functional groups attached to an aromatic ring is 1. The lowest BCUT2D eigenvalue weighted by Crippen LogP contribution is -2.28. The first-order valence-electron chi connectivity index (χ1n) is 9.83. The van der Waals surface area contributed by atoms with Gasteiger partial charge < -0.3 is 15.6 Å². The molecule has 5 rings (SSSR count). The molecular weight excluding hydrogens is 448 g/mol. The molecule has 1 aromatic carbocycles. The van der Waals surface area contributed by atoms with Gasteiger partial charge in [-0.15, -0.1) is 0 Å². The molecule has 0 radical (unpaired) electrons. The molecule has 33 heavy (non-hydrogen) atoms. The Bertz CT molecular complexity index is 1530. The predicted octanol–water partition coefficient (Wildman–Crippen LogP) is 2.67. The number of fused-ring (bicyclic) bond motifs is 1. The fraction of sp³-hybridized carbons (Fsp3) is 0.150. The lowest BCUT2D eigenvalue weighted by molar-refractivity contribution is 0.425. The quantitative estimate of drug-likeness (QED) is 0.351. The second kappa shape index (κ2) is 7.98. The Labute approximate surface area is 190 Å². The summed E-state index contributed by atoms with van der Waals surface area (Å²) in [6.45, 7) is 3.51. The van der Waals surface area contributed by atoms with E-state index in [9.17, 15) is 4.79 Å². The molecule has 0 amide bonds. The minimum atomic E-state index is -0.533. The summed E-state index contributed by atoms with van der Waals surface area (Å²) in [6.07, 6.45) is 2.92. The number of hydrogen-bond donors (Lipinski definition) is 3. The Morgan fingerprint density at radius 1 is 1.24 bits per heavy atom. The molecule has 0 aliphatic carbocycles.